The van der Waals surface area contributed by atoms with E-state index < -0.39 is 6.10 Å². The van der Waals surface area contributed by atoms with Gasteiger partial charge in [0.25, 0.3) is 5.91 Å². The molecule has 1 amide bonds. The van der Waals surface area contributed by atoms with E-state index in [2.05, 4.69) is 30.4 Å². The lowest BCUT2D eigenvalue weighted by Gasteiger charge is -2.11. The van der Waals surface area contributed by atoms with Crippen molar-refractivity contribution in [2.45, 2.75) is 32.3 Å². The van der Waals surface area contributed by atoms with Crippen LogP contribution in [0, 0.1) is 6.92 Å². The minimum absolute atomic E-state index is 0.0207. The Balaban J connectivity index is 1.59. The number of carbonyl (C=O) groups is 1. The summed E-state index contributed by atoms with van der Waals surface area (Å²) in [7, 11) is 0. The van der Waals surface area contributed by atoms with Crippen molar-refractivity contribution in [1.29, 1.82) is 0 Å². The monoisotopic (exact) mass is 376 g/mol. The number of aliphatic hydroxyl groups is 2. The summed E-state index contributed by atoms with van der Waals surface area (Å²) in [5.41, 5.74) is 7.44. The van der Waals surface area contributed by atoms with Crippen molar-refractivity contribution in [3.8, 4) is 11.3 Å². The summed E-state index contributed by atoms with van der Waals surface area (Å²) in [5.74, 6) is -0.280. The van der Waals surface area contributed by atoms with Crippen LogP contribution in [0.15, 0.2) is 42.5 Å². The molecular weight excluding hydrogens is 352 g/mol. The Hall–Kier alpha value is -2.76. The van der Waals surface area contributed by atoms with Gasteiger partial charge in [-0.2, -0.15) is 0 Å². The minimum atomic E-state index is -0.950. The Morgan fingerprint density at radius 1 is 1.14 bits per heavy atom. The summed E-state index contributed by atoms with van der Waals surface area (Å²) >= 11 is 0. The van der Waals surface area contributed by atoms with Crippen molar-refractivity contribution >= 4 is 16.8 Å². The molecule has 1 aliphatic carbocycles. The molecule has 3 aromatic rings. The smallest absolute Gasteiger partial charge is 0.251 e. The third-order valence-electron chi connectivity index (χ3n) is 5.38. The molecule has 1 aromatic heterocycles. The number of hydrogen-bond donors (Lipinski definition) is 3. The van der Waals surface area contributed by atoms with Crippen LogP contribution in [0.3, 0.4) is 0 Å². The maximum absolute atomic E-state index is 12.1. The van der Waals surface area contributed by atoms with Gasteiger partial charge in [0, 0.05) is 23.1 Å². The molecule has 0 fully saturated rings. The second-order valence-corrected chi connectivity index (χ2v) is 7.44. The number of fused-ring (bicyclic) bond motifs is 2. The van der Waals surface area contributed by atoms with Gasteiger partial charge >= 0.3 is 0 Å². The number of nitrogens with one attached hydrogen (secondary N) is 1. The molecule has 4 rings (SSSR count). The summed E-state index contributed by atoms with van der Waals surface area (Å²) in [6, 6.07) is 13.9. The van der Waals surface area contributed by atoms with Crippen LogP contribution in [0.4, 0.5) is 0 Å². The van der Waals surface area contributed by atoms with E-state index in [0.717, 1.165) is 29.6 Å². The van der Waals surface area contributed by atoms with Crippen LogP contribution in [0.2, 0.25) is 0 Å². The van der Waals surface area contributed by atoms with E-state index in [9.17, 15) is 9.90 Å². The maximum Gasteiger partial charge on any atom is 0.251 e. The Kier molecular flexibility index (Phi) is 5.11. The first-order valence-corrected chi connectivity index (χ1v) is 9.66. The number of aliphatic hydroxyl groups excluding tert-OH is 2. The van der Waals surface area contributed by atoms with E-state index in [1.54, 1.807) is 12.1 Å². The largest absolute Gasteiger partial charge is 0.394 e. The minimum Gasteiger partial charge on any atom is -0.394 e. The van der Waals surface area contributed by atoms with E-state index >= 15 is 0 Å². The summed E-state index contributed by atoms with van der Waals surface area (Å²) in [6.07, 6.45) is 2.56. The first kappa shape index (κ1) is 18.6. The van der Waals surface area contributed by atoms with Crippen molar-refractivity contribution in [1.82, 2.24) is 10.3 Å². The lowest BCUT2D eigenvalue weighted by molar-refractivity contribution is 0.0802. The SMILES string of the molecule is Cc1cc(-c2ccc(C(=O)NC[C@@H](O)CO)cc2)nc2cc3c(cc12)CCC3. The number of aromatic nitrogens is 1. The Labute approximate surface area is 164 Å². The van der Waals surface area contributed by atoms with E-state index in [4.69, 9.17) is 10.1 Å². The Bertz CT molecular complexity index is 1030. The third-order valence-corrected chi connectivity index (χ3v) is 5.38. The van der Waals surface area contributed by atoms with Crippen LogP contribution in [0.25, 0.3) is 22.2 Å². The molecule has 28 heavy (non-hydrogen) atoms. The number of hydrogen-bond acceptors (Lipinski definition) is 4. The fraction of sp³-hybridized carbons (Fsp3) is 0.304. The number of aryl methyl sites for hydroxylation is 3. The molecular formula is C23H24N2O3. The second kappa shape index (κ2) is 7.70. The molecule has 2 aromatic carbocycles. The van der Waals surface area contributed by atoms with E-state index in [1.807, 2.05) is 12.1 Å². The average molecular weight is 376 g/mol. The fourth-order valence-corrected chi connectivity index (χ4v) is 3.78. The van der Waals surface area contributed by atoms with Gasteiger partial charge in [0.15, 0.2) is 0 Å². The normalized spacial score (nSPS) is 14.1. The first-order valence-electron chi connectivity index (χ1n) is 9.66. The van der Waals surface area contributed by atoms with Crippen LogP contribution in [-0.2, 0) is 12.8 Å². The lowest BCUT2D eigenvalue weighted by Crippen LogP contribution is -2.33. The molecule has 5 nitrogen and oxygen atoms in total. The van der Waals surface area contributed by atoms with Crippen molar-refractivity contribution < 1.29 is 15.0 Å². The van der Waals surface area contributed by atoms with Gasteiger partial charge in [-0.15, -0.1) is 0 Å². The van der Waals surface area contributed by atoms with Crippen LogP contribution in [0.5, 0.6) is 0 Å². The molecule has 1 aliphatic rings. The predicted molar refractivity (Wildman–Crippen MR) is 109 cm³/mol. The molecule has 0 aliphatic heterocycles. The van der Waals surface area contributed by atoms with Gasteiger partial charge in [0.1, 0.15) is 0 Å². The number of carbonyl (C=O) groups excluding carboxylic acids is 1. The zero-order chi connectivity index (χ0) is 19.7. The summed E-state index contributed by atoms with van der Waals surface area (Å²) in [6.45, 7) is 1.76. The molecule has 0 unspecified atom stereocenters. The summed E-state index contributed by atoms with van der Waals surface area (Å²) in [4.78, 5) is 17.0. The Morgan fingerprint density at radius 2 is 1.86 bits per heavy atom. The first-order chi connectivity index (χ1) is 13.5. The number of amides is 1. The molecule has 5 heteroatoms. The van der Waals surface area contributed by atoms with Gasteiger partial charge in [-0.3, -0.25) is 4.79 Å². The lowest BCUT2D eigenvalue weighted by atomic mass is 10.0. The molecule has 3 N–H and O–H groups in total. The predicted octanol–water partition coefficient (Wildman–Crippen LogP) is 2.78. The second-order valence-electron chi connectivity index (χ2n) is 7.44. The fourth-order valence-electron chi connectivity index (χ4n) is 3.78. The standard InChI is InChI=1S/C23H24N2O3/c1-14-9-21(25-22-11-18-4-2-3-17(18)10-20(14)22)15-5-7-16(8-6-15)23(28)24-12-19(27)13-26/h5-11,19,26-27H,2-4,12-13H2,1H3,(H,24,28)/t19-/m1/s1. The Morgan fingerprint density at radius 3 is 2.57 bits per heavy atom. The molecule has 0 saturated heterocycles. The zero-order valence-electron chi connectivity index (χ0n) is 15.9. The molecule has 0 saturated carbocycles. The number of benzene rings is 2. The van der Waals surface area contributed by atoms with E-state index in [0.29, 0.717) is 5.56 Å². The number of nitrogens with zero attached hydrogens (tertiary/aromatic N) is 1. The number of pyridine rings is 1. The topological polar surface area (TPSA) is 82.5 Å². The highest BCUT2D eigenvalue weighted by molar-refractivity contribution is 5.94. The summed E-state index contributed by atoms with van der Waals surface area (Å²) in [5, 5.41) is 22.0. The van der Waals surface area contributed by atoms with Gasteiger partial charge in [-0.05, 0) is 73.2 Å². The molecule has 1 atom stereocenters. The van der Waals surface area contributed by atoms with Crippen LogP contribution in [0.1, 0.15) is 33.5 Å². The molecule has 0 radical (unpaired) electrons. The molecule has 144 valence electrons. The molecule has 0 spiro atoms. The van der Waals surface area contributed by atoms with Crippen molar-refractivity contribution in [3.05, 3.63) is 64.7 Å². The van der Waals surface area contributed by atoms with Crippen LogP contribution in [-0.4, -0.2) is 40.4 Å². The third kappa shape index (κ3) is 3.63. The highest BCUT2D eigenvalue weighted by Gasteiger charge is 2.14. The van der Waals surface area contributed by atoms with E-state index in [-0.39, 0.29) is 19.1 Å². The highest BCUT2D eigenvalue weighted by atomic mass is 16.3. The van der Waals surface area contributed by atoms with E-state index in [1.165, 1.54) is 28.5 Å². The summed E-state index contributed by atoms with van der Waals surface area (Å²) < 4.78 is 0. The number of rotatable bonds is 5. The average Bonchev–Trinajstić information content (AvgIpc) is 3.17. The van der Waals surface area contributed by atoms with Crippen molar-refractivity contribution in [2.75, 3.05) is 13.2 Å². The van der Waals surface area contributed by atoms with Gasteiger partial charge in [0.05, 0.1) is 23.9 Å². The van der Waals surface area contributed by atoms with Crippen molar-refractivity contribution in [3.63, 3.8) is 0 Å². The molecule has 1 heterocycles. The quantitative estimate of drug-likeness (QED) is 0.639. The van der Waals surface area contributed by atoms with Gasteiger partial charge < -0.3 is 15.5 Å². The highest BCUT2D eigenvalue weighted by Crippen LogP contribution is 2.30. The van der Waals surface area contributed by atoms with Crippen LogP contribution >= 0.6 is 0 Å². The molecule has 0 bridgehead atoms. The zero-order valence-corrected chi connectivity index (χ0v) is 15.9. The van der Waals surface area contributed by atoms with Gasteiger partial charge in [-0.25, -0.2) is 4.98 Å². The van der Waals surface area contributed by atoms with Gasteiger partial charge in [0.2, 0.25) is 0 Å². The van der Waals surface area contributed by atoms with Crippen molar-refractivity contribution in [2.24, 2.45) is 0 Å². The van der Waals surface area contributed by atoms with Crippen LogP contribution < -0.4 is 5.32 Å². The maximum atomic E-state index is 12.1. The van der Waals surface area contributed by atoms with Gasteiger partial charge in [-0.1, -0.05) is 12.1 Å².